The zero-order valence-electron chi connectivity index (χ0n) is 11.3. The molecule has 0 aromatic heterocycles. The van der Waals surface area contributed by atoms with E-state index in [-0.39, 0.29) is 6.10 Å². The second-order valence-electron chi connectivity index (χ2n) is 5.31. The molecule has 3 nitrogen and oxygen atoms in total. The fraction of sp³-hybridized carbons (Fsp3) is 0.600. The van der Waals surface area contributed by atoms with Crippen molar-refractivity contribution in [3.8, 4) is 5.75 Å². The van der Waals surface area contributed by atoms with Crippen LogP contribution in [0, 0.1) is 5.92 Å². The van der Waals surface area contributed by atoms with Gasteiger partial charge in [-0.3, -0.25) is 0 Å². The van der Waals surface area contributed by atoms with Crippen molar-refractivity contribution in [2.24, 2.45) is 5.92 Å². The minimum absolute atomic E-state index is 0.324. The van der Waals surface area contributed by atoms with Gasteiger partial charge in [0.05, 0.1) is 6.10 Å². The Morgan fingerprint density at radius 3 is 2.72 bits per heavy atom. The van der Waals surface area contributed by atoms with Crippen LogP contribution in [0.1, 0.15) is 25.7 Å². The van der Waals surface area contributed by atoms with E-state index in [1.54, 1.807) is 0 Å². The lowest BCUT2D eigenvalue weighted by Gasteiger charge is -2.19. The second-order valence-corrected chi connectivity index (χ2v) is 5.31. The minimum atomic E-state index is -0.324. The van der Waals surface area contributed by atoms with Crippen LogP contribution in [0.3, 0.4) is 0 Å². The molecule has 1 aliphatic carbocycles. The summed E-state index contributed by atoms with van der Waals surface area (Å²) in [7, 11) is 4.01. The van der Waals surface area contributed by atoms with Crippen LogP contribution in [-0.4, -0.2) is 31.9 Å². The molecule has 0 saturated heterocycles. The molecule has 3 heteroatoms. The van der Waals surface area contributed by atoms with Crippen LogP contribution in [0.15, 0.2) is 24.3 Å². The molecule has 18 heavy (non-hydrogen) atoms. The molecular weight excluding hydrogens is 226 g/mol. The summed E-state index contributed by atoms with van der Waals surface area (Å²) < 4.78 is 5.69. The first kappa shape index (κ1) is 13.2. The maximum atomic E-state index is 10.1. The van der Waals surface area contributed by atoms with Crippen molar-refractivity contribution < 1.29 is 9.84 Å². The molecule has 100 valence electrons. The molecule has 0 radical (unpaired) electrons. The molecule has 1 aromatic carbocycles. The summed E-state index contributed by atoms with van der Waals surface area (Å²) in [5.74, 6) is 1.26. The Bertz CT molecular complexity index is 373. The van der Waals surface area contributed by atoms with Gasteiger partial charge in [-0.15, -0.1) is 0 Å². The lowest BCUT2D eigenvalue weighted by molar-refractivity contribution is 0.0593. The highest BCUT2D eigenvalue weighted by Crippen LogP contribution is 2.28. The second kappa shape index (κ2) is 6.10. The molecule has 0 amide bonds. The SMILES string of the molecule is CN(C)c1cccc(OCC(O)C2CCCC2)c1. The smallest absolute Gasteiger partial charge is 0.121 e. The Morgan fingerprint density at radius 2 is 2.06 bits per heavy atom. The Labute approximate surface area is 109 Å². The van der Waals surface area contributed by atoms with Gasteiger partial charge in [0, 0.05) is 25.8 Å². The number of aliphatic hydroxyl groups is 1. The molecule has 0 aliphatic heterocycles. The number of hydrogen-bond donors (Lipinski definition) is 1. The maximum absolute atomic E-state index is 10.1. The highest BCUT2D eigenvalue weighted by Gasteiger charge is 2.23. The van der Waals surface area contributed by atoms with E-state index in [0.717, 1.165) is 24.3 Å². The molecule has 0 spiro atoms. The fourth-order valence-corrected chi connectivity index (χ4v) is 2.51. The van der Waals surface area contributed by atoms with E-state index in [0.29, 0.717) is 12.5 Å². The monoisotopic (exact) mass is 249 g/mol. The normalized spacial score (nSPS) is 17.7. The van der Waals surface area contributed by atoms with E-state index in [1.807, 2.05) is 43.3 Å². The van der Waals surface area contributed by atoms with Crippen LogP contribution in [0.25, 0.3) is 0 Å². The van der Waals surface area contributed by atoms with Gasteiger partial charge in [0.25, 0.3) is 0 Å². The van der Waals surface area contributed by atoms with E-state index < -0.39 is 0 Å². The Balaban J connectivity index is 1.87. The van der Waals surface area contributed by atoms with Crippen LogP contribution in [0.4, 0.5) is 5.69 Å². The van der Waals surface area contributed by atoms with Gasteiger partial charge in [0.15, 0.2) is 0 Å². The highest BCUT2D eigenvalue weighted by molar-refractivity contribution is 5.49. The van der Waals surface area contributed by atoms with Gasteiger partial charge in [-0.25, -0.2) is 0 Å². The summed E-state index contributed by atoms with van der Waals surface area (Å²) >= 11 is 0. The fourth-order valence-electron chi connectivity index (χ4n) is 2.51. The zero-order chi connectivity index (χ0) is 13.0. The molecule has 1 atom stereocenters. The molecule has 1 aromatic rings. The summed E-state index contributed by atoms with van der Waals surface area (Å²) in [4.78, 5) is 2.04. The van der Waals surface area contributed by atoms with Crippen LogP contribution in [0.2, 0.25) is 0 Å². The summed E-state index contributed by atoms with van der Waals surface area (Å²) in [6.45, 7) is 0.404. The van der Waals surface area contributed by atoms with Crippen molar-refractivity contribution in [3.05, 3.63) is 24.3 Å². The van der Waals surface area contributed by atoms with E-state index >= 15 is 0 Å². The number of aliphatic hydroxyl groups excluding tert-OH is 1. The number of anilines is 1. The third-order valence-corrected chi connectivity index (χ3v) is 3.70. The molecule has 1 N–H and O–H groups in total. The molecule has 0 bridgehead atoms. The third-order valence-electron chi connectivity index (χ3n) is 3.70. The van der Waals surface area contributed by atoms with Crippen molar-refractivity contribution in [1.29, 1.82) is 0 Å². The topological polar surface area (TPSA) is 32.7 Å². The summed E-state index contributed by atoms with van der Waals surface area (Å²) in [5.41, 5.74) is 1.11. The van der Waals surface area contributed by atoms with E-state index in [2.05, 4.69) is 0 Å². The average Bonchev–Trinajstić information content (AvgIpc) is 2.90. The first-order chi connectivity index (χ1) is 8.66. The van der Waals surface area contributed by atoms with Crippen LogP contribution >= 0.6 is 0 Å². The van der Waals surface area contributed by atoms with E-state index in [4.69, 9.17) is 4.74 Å². The minimum Gasteiger partial charge on any atom is -0.491 e. The van der Waals surface area contributed by atoms with Crippen LogP contribution in [-0.2, 0) is 0 Å². The molecule has 0 heterocycles. The summed E-state index contributed by atoms with van der Waals surface area (Å²) in [6, 6.07) is 7.96. The molecule has 1 aliphatic rings. The molecule has 1 fully saturated rings. The van der Waals surface area contributed by atoms with Gasteiger partial charge in [0.2, 0.25) is 0 Å². The van der Waals surface area contributed by atoms with Crippen LogP contribution < -0.4 is 9.64 Å². The van der Waals surface area contributed by atoms with Crippen molar-refractivity contribution in [1.82, 2.24) is 0 Å². The third kappa shape index (κ3) is 3.39. The number of nitrogens with zero attached hydrogens (tertiary/aromatic N) is 1. The number of benzene rings is 1. The Kier molecular flexibility index (Phi) is 4.48. The molecule has 1 unspecified atom stereocenters. The lowest BCUT2D eigenvalue weighted by Crippen LogP contribution is -2.25. The van der Waals surface area contributed by atoms with Crippen molar-refractivity contribution >= 4 is 5.69 Å². The van der Waals surface area contributed by atoms with Gasteiger partial charge >= 0.3 is 0 Å². The average molecular weight is 249 g/mol. The summed E-state index contributed by atoms with van der Waals surface area (Å²) in [6.07, 6.45) is 4.45. The van der Waals surface area contributed by atoms with Gasteiger partial charge in [-0.05, 0) is 30.9 Å². The maximum Gasteiger partial charge on any atom is 0.121 e. The van der Waals surface area contributed by atoms with Gasteiger partial charge in [-0.2, -0.15) is 0 Å². The molecule has 1 saturated carbocycles. The summed E-state index contributed by atoms with van der Waals surface area (Å²) in [5, 5.41) is 10.1. The number of hydrogen-bond acceptors (Lipinski definition) is 3. The van der Waals surface area contributed by atoms with Crippen molar-refractivity contribution in [2.45, 2.75) is 31.8 Å². The molecule has 2 rings (SSSR count). The lowest BCUT2D eigenvalue weighted by atomic mass is 10.0. The molecular formula is C15H23NO2. The first-order valence-corrected chi connectivity index (χ1v) is 6.75. The van der Waals surface area contributed by atoms with Crippen molar-refractivity contribution in [2.75, 3.05) is 25.6 Å². The predicted molar refractivity (Wildman–Crippen MR) is 74.2 cm³/mol. The van der Waals surface area contributed by atoms with E-state index in [9.17, 15) is 5.11 Å². The van der Waals surface area contributed by atoms with E-state index in [1.165, 1.54) is 12.8 Å². The quantitative estimate of drug-likeness (QED) is 0.871. The Morgan fingerprint density at radius 1 is 1.33 bits per heavy atom. The predicted octanol–water partition coefficient (Wildman–Crippen LogP) is 2.68. The highest BCUT2D eigenvalue weighted by atomic mass is 16.5. The van der Waals surface area contributed by atoms with Crippen LogP contribution in [0.5, 0.6) is 5.75 Å². The van der Waals surface area contributed by atoms with Gasteiger partial charge < -0.3 is 14.7 Å². The van der Waals surface area contributed by atoms with Gasteiger partial charge in [-0.1, -0.05) is 18.9 Å². The largest absolute Gasteiger partial charge is 0.491 e. The standard InChI is InChI=1S/C15H23NO2/c1-16(2)13-8-5-9-14(10-13)18-11-15(17)12-6-3-4-7-12/h5,8-10,12,15,17H,3-4,6-7,11H2,1-2H3. The number of rotatable bonds is 5. The first-order valence-electron chi connectivity index (χ1n) is 6.75. The Hall–Kier alpha value is -1.22. The zero-order valence-corrected chi connectivity index (χ0v) is 11.3. The number of ether oxygens (including phenoxy) is 1. The van der Waals surface area contributed by atoms with Gasteiger partial charge in [0.1, 0.15) is 12.4 Å². The van der Waals surface area contributed by atoms with Crippen molar-refractivity contribution in [3.63, 3.8) is 0 Å².